The number of rotatable bonds is 4. The summed E-state index contributed by atoms with van der Waals surface area (Å²) < 4.78 is 11.1. The maximum Gasteiger partial charge on any atom is 0.169 e. The molecule has 2 rings (SSSR count). The summed E-state index contributed by atoms with van der Waals surface area (Å²) in [6.07, 6.45) is 0. The van der Waals surface area contributed by atoms with E-state index in [1.807, 2.05) is 25.1 Å². The number of nitrogens with two attached hydrogens (primary N) is 1. The van der Waals surface area contributed by atoms with Crippen LogP contribution in [-0.2, 0) is 0 Å². The van der Waals surface area contributed by atoms with E-state index >= 15 is 0 Å². The number of halogens is 1. The molecule has 0 saturated carbocycles. The third-order valence-electron chi connectivity index (χ3n) is 2.76. The normalized spacial score (nSPS) is 10.2. The number of ether oxygens (including phenoxy) is 2. The van der Waals surface area contributed by atoms with Crippen LogP contribution in [0.3, 0.4) is 0 Å². The summed E-state index contributed by atoms with van der Waals surface area (Å²) in [6.45, 7) is 1.98. The van der Waals surface area contributed by atoms with E-state index in [4.69, 9.17) is 39.0 Å². The molecule has 0 heterocycles. The summed E-state index contributed by atoms with van der Waals surface area (Å²) in [6, 6.07) is 10.9. The van der Waals surface area contributed by atoms with Gasteiger partial charge in [0.05, 0.1) is 12.1 Å². The molecule has 0 amide bonds. The number of benzene rings is 2. The highest BCUT2D eigenvalue weighted by Crippen LogP contribution is 2.35. The number of hydrogen-bond acceptors (Lipinski definition) is 3. The highest BCUT2D eigenvalue weighted by molar-refractivity contribution is 7.80. The van der Waals surface area contributed by atoms with Crippen LogP contribution in [0.25, 0.3) is 0 Å². The minimum Gasteiger partial charge on any atom is -0.493 e. The van der Waals surface area contributed by atoms with Crippen molar-refractivity contribution in [2.24, 2.45) is 5.73 Å². The second kappa shape index (κ2) is 6.11. The molecule has 0 saturated heterocycles. The highest BCUT2D eigenvalue weighted by Gasteiger charge is 2.10. The van der Waals surface area contributed by atoms with Crippen molar-refractivity contribution in [1.29, 1.82) is 0 Å². The Hall–Kier alpha value is -1.78. The van der Waals surface area contributed by atoms with Crippen molar-refractivity contribution in [3.63, 3.8) is 0 Å². The van der Waals surface area contributed by atoms with E-state index in [1.54, 1.807) is 25.3 Å². The van der Waals surface area contributed by atoms with E-state index < -0.39 is 0 Å². The van der Waals surface area contributed by atoms with Crippen molar-refractivity contribution in [2.75, 3.05) is 7.11 Å². The molecule has 0 fully saturated rings. The molecule has 0 aromatic heterocycles. The van der Waals surface area contributed by atoms with Gasteiger partial charge in [-0.1, -0.05) is 29.9 Å². The van der Waals surface area contributed by atoms with Crippen LogP contribution in [0, 0.1) is 6.92 Å². The maximum atomic E-state index is 6.17. The number of methoxy groups -OCH3 is 1. The standard InChI is InChI=1S/C15H14ClNO2S/c1-9-3-5-13(14(7-9)18-2)19-12-6-4-10(15(17)20)8-11(12)16/h3-8H,1-2H3,(H2,17,20). The van der Waals surface area contributed by atoms with E-state index in [0.717, 1.165) is 5.56 Å². The van der Waals surface area contributed by atoms with Crippen molar-refractivity contribution in [1.82, 2.24) is 0 Å². The Balaban J connectivity index is 2.33. The van der Waals surface area contributed by atoms with E-state index in [1.165, 1.54) is 0 Å². The molecule has 0 aliphatic heterocycles. The van der Waals surface area contributed by atoms with Gasteiger partial charge in [-0.2, -0.15) is 0 Å². The predicted molar refractivity (Wildman–Crippen MR) is 85.1 cm³/mol. The molecular formula is C15H14ClNO2S. The molecule has 2 aromatic rings. The van der Waals surface area contributed by atoms with E-state index in [9.17, 15) is 0 Å². The Labute approximate surface area is 128 Å². The Morgan fingerprint density at radius 3 is 2.40 bits per heavy atom. The summed E-state index contributed by atoms with van der Waals surface area (Å²) in [5, 5.41) is 0.443. The lowest BCUT2D eigenvalue weighted by molar-refractivity contribution is 0.378. The van der Waals surface area contributed by atoms with Crippen LogP contribution < -0.4 is 15.2 Å². The minimum atomic E-state index is 0.298. The summed E-state index contributed by atoms with van der Waals surface area (Å²) in [7, 11) is 1.60. The molecule has 0 radical (unpaired) electrons. The first kappa shape index (κ1) is 14.6. The van der Waals surface area contributed by atoms with Gasteiger partial charge in [-0.3, -0.25) is 0 Å². The third-order valence-corrected chi connectivity index (χ3v) is 3.29. The second-order valence-electron chi connectivity index (χ2n) is 4.27. The van der Waals surface area contributed by atoms with Crippen molar-refractivity contribution in [2.45, 2.75) is 6.92 Å². The van der Waals surface area contributed by atoms with Crippen LogP contribution in [0.1, 0.15) is 11.1 Å². The van der Waals surface area contributed by atoms with E-state index in [-0.39, 0.29) is 0 Å². The molecule has 2 aromatic carbocycles. The maximum absolute atomic E-state index is 6.17. The van der Waals surface area contributed by atoms with Crippen LogP contribution in [0.4, 0.5) is 0 Å². The lowest BCUT2D eigenvalue weighted by Gasteiger charge is -2.12. The Kier molecular flexibility index (Phi) is 4.47. The van der Waals surface area contributed by atoms with Gasteiger partial charge in [0.1, 0.15) is 10.7 Å². The lowest BCUT2D eigenvalue weighted by atomic mass is 10.2. The lowest BCUT2D eigenvalue weighted by Crippen LogP contribution is -2.08. The van der Waals surface area contributed by atoms with Gasteiger partial charge in [-0.15, -0.1) is 0 Å². The SMILES string of the molecule is COc1cc(C)ccc1Oc1ccc(C(N)=S)cc1Cl. The molecule has 0 atom stereocenters. The van der Waals surface area contributed by atoms with Crippen LogP contribution >= 0.6 is 23.8 Å². The molecule has 0 unspecified atom stereocenters. The smallest absolute Gasteiger partial charge is 0.169 e. The number of thiocarbonyl (C=S) groups is 1. The van der Waals surface area contributed by atoms with Crippen molar-refractivity contribution in [3.8, 4) is 17.2 Å². The summed E-state index contributed by atoms with van der Waals surface area (Å²) >= 11 is 11.1. The average Bonchev–Trinajstić information content (AvgIpc) is 2.42. The minimum absolute atomic E-state index is 0.298. The van der Waals surface area contributed by atoms with Crippen LogP contribution in [0.2, 0.25) is 5.02 Å². The van der Waals surface area contributed by atoms with Gasteiger partial charge in [-0.05, 0) is 42.8 Å². The zero-order valence-corrected chi connectivity index (χ0v) is 12.7. The van der Waals surface area contributed by atoms with Crippen LogP contribution in [0.5, 0.6) is 17.2 Å². The quantitative estimate of drug-likeness (QED) is 0.864. The predicted octanol–water partition coefficient (Wildman–Crippen LogP) is 4.08. The van der Waals surface area contributed by atoms with Crippen LogP contribution in [-0.4, -0.2) is 12.1 Å². The van der Waals surface area contributed by atoms with Gasteiger partial charge in [0, 0.05) is 5.56 Å². The average molecular weight is 308 g/mol. The van der Waals surface area contributed by atoms with Crippen molar-refractivity contribution in [3.05, 3.63) is 52.5 Å². The van der Waals surface area contributed by atoms with Crippen molar-refractivity contribution < 1.29 is 9.47 Å². The zero-order valence-electron chi connectivity index (χ0n) is 11.1. The largest absolute Gasteiger partial charge is 0.493 e. The Morgan fingerprint density at radius 1 is 1.10 bits per heavy atom. The van der Waals surface area contributed by atoms with Gasteiger partial charge in [-0.25, -0.2) is 0 Å². The van der Waals surface area contributed by atoms with Crippen molar-refractivity contribution >= 4 is 28.8 Å². The fourth-order valence-corrected chi connectivity index (χ4v) is 2.06. The Morgan fingerprint density at radius 2 is 1.80 bits per heavy atom. The fraction of sp³-hybridized carbons (Fsp3) is 0.133. The first-order valence-corrected chi connectivity index (χ1v) is 6.71. The van der Waals surface area contributed by atoms with Gasteiger partial charge in [0.15, 0.2) is 11.5 Å². The second-order valence-corrected chi connectivity index (χ2v) is 5.11. The van der Waals surface area contributed by atoms with Crippen LogP contribution in [0.15, 0.2) is 36.4 Å². The summed E-state index contributed by atoms with van der Waals surface area (Å²) in [5.41, 5.74) is 7.35. The van der Waals surface area contributed by atoms with Gasteiger partial charge < -0.3 is 15.2 Å². The zero-order chi connectivity index (χ0) is 14.7. The van der Waals surface area contributed by atoms with E-state index in [2.05, 4.69) is 0 Å². The van der Waals surface area contributed by atoms with Gasteiger partial charge in [0.2, 0.25) is 0 Å². The molecule has 3 nitrogen and oxygen atoms in total. The summed E-state index contributed by atoms with van der Waals surface area (Å²) in [4.78, 5) is 0.298. The van der Waals surface area contributed by atoms with E-state index in [0.29, 0.717) is 32.8 Å². The topological polar surface area (TPSA) is 44.5 Å². The molecule has 0 spiro atoms. The summed E-state index contributed by atoms with van der Waals surface area (Å²) in [5.74, 6) is 1.77. The monoisotopic (exact) mass is 307 g/mol. The van der Waals surface area contributed by atoms with Gasteiger partial charge >= 0.3 is 0 Å². The molecule has 0 aliphatic carbocycles. The molecule has 104 valence electrons. The first-order chi connectivity index (χ1) is 9.51. The number of aryl methyl sites for hydroxylation is 1. The molecule has 0 bridgehead atoms. The highest BCUT2D eigenvalue weighted by atomic mass is 35.5. The molecule has 5 heteroatoms. The molecule has 2 N–H and O–H groups in total. The Bertz CT molecular complexity index is 658. The molecule has 0 aliphatic rings. The fourth-order valence-electron chi connectivity index (χ4n) is 1.71. The first-order valence-electron chi connectivity index (χ1n) is 5.93. The van der Waals surface area contributed by atoms with Gasteiger partial charge in [0.25, 0.3) is 0 Å². The molecule has 20 heavy (non-hydrogen) atoms. The number of hydrogen-bond donors (Lipinski definition) is 1. The third kappa shape index (κ3) is 3.21. The molecular weight excluding hydrogens is 294 g/mol.